The molecule has 26 heavy (non-hydrogen) atoms. The zero-order chi connectivity index (χ0) is 18.5. The average Bonchev–Trinajstić information content (AvgIpc) is 2.68. The number of aromatic nitrogens is 1. The number of rotatable bonds is 5. The number of hydrogen-bond donors (Lipinski definition) is 1. The zero-order valence-corrected chi connectivity index (χ0v) is 15.7. The molecule has 0 saturated carbocycles. The van der Waals surface area contributed by atoms with E-state index >= 15 is 0 Å². The van der Waals surface area contributed by atoms with Gasteiger partial charge in [-0.3, -0.25) is 4.79 Å². The topological polar surface area (TPSA) is 54.5 Å². The number of nitrogens with zero attached hydrogens (tertiary/aromatic N) is 2. The van der Waals surface area contributed by atoms with Crippen molar-refractivity contribution in [1.82, 2.24) is 10.3 Å². The first-order valence-corrected chi connectivity index (χ1v) is 9.28. The maximum atomic E-state index is 11.9. The van der Waals surface area contributed by atoms with Gasteiger partial charge in [-0.2, -0.15) is 0 Å². The third kappa shape index (κ3) is 4.22. The lowest BCUT2D eigenvalue weighted by Crippen LogP contribution is -2.46. The van der Waals surface area contributed by atoms with Gasteiger partial charge >= 0.3 is 0 Å². The Hall–Kier alpha value is -2.40. The van der Waals surface area contributed by atoms with E-state index in [2.05, 4.69) is 41.2 Å². The van der Waals surface area contributed by atoms with Crippen molar-refractivity contribution in [3.05, 3.63) is 59.8 Å². The third-order valence-corrected chi connectivity index (χ3v) is 4.71. The molecule has 0 spiro atoms. The Morgan fingerprint density at radius 3 is 2.62 bits per heavy atom. The van der Waals surface area contributed by atoms with Crippen molar-refractivity contribution in [3.8, 4) is 0 Å². The molecule has 0 radical (unpaired) electrons. The molecule has 1 aliphatic rings. The molecule has 5 nitrogen and oxygen atoms in total. The van der Waals surface area contributed by atoms with Crippen LogP contribution in [0.25, 0.3) is 0 Å². The number of carbonyl (C=O) groups is 1. The summed E-state index contributed by atoms with van der Waals surface area (Å²) < 4.78 is 6.35. The maximum absolute atomic E-state index is 11.9. The van der Waals surface area contributed by atoms with Crippen molar-refractivity contribution >= 4 is 11.7 Å². The number of anilines is 1. The molecule has 3 rings (SSSR count). The summed E-state index contributed by atoms with van der Waals surface area (Å²) in [5.41, 5.74) is 1.77. The van der Waals surface area contributed by atoms with Crippen molar-refractivity contribution in [2.45, 2.75) is 33.0 Å². The summed E-state index contributed by atoms with van der Waals surface area (Å²) in [5, 5.41) is 2.80. The average molecular weight is 353 g/mol. The van der Waals surface area contributed by atoms with E-state index in [4.69, 9.17) is 4.74 Å². The second-order valence-corrected chi connectivity index (χ2v) is 6.99. The Morgan fingerprint density at radius 2 is 2.00 bits per heavy atom. The monoisotopic (exact) mass is 353 g/mol. The van der Waals surface area contributed by atoms with Crippen LogP contribution in [0.5, 0.6) is 0 Å². The fourth-order valence-corrected chi connectivity index (χ4v) is 3.17. The number of pyridine rings is 1. The van der Waals surface area contributed by atoms with E-state index in [0.717, 1.165) is 18.9 Å². The first-order valence-electron chi connectivity index (χ1n) is 9.28. The number of morpholine rings is 1. The number of amides is 1. The van der Waals surface area contributed by atoms with Crippen LogP contribution in [-0.2, 0) is 4.74 Å². The Balaban J connectivity index is 1.80. The summed E-state index contributed by atoms with van der Waals surface area (Å²) in [7, 11) is 0. The molecular weight excluding hydrogens is 326 g/mol. The molecule has 1 aromatic heterocycles. The molecule has 1 amide bonds. The van der Waals surface area contributed by atoms with Crippen molar-refractivity contribution in [2.24, 2.45) is 5.92 Å². The predicted molar refractivity (Wildman–Crippen MR) is 103 cm³/mol. The van der Waals surface area contributed by atoms with Gasteiger partial charge in [0.25, 0.3) is 5.91 Å². The standard InChI is InChI=1S/C21H27N3O2/c1-4-22-21(25)17-10-11-20(23-12-17)24-13-18(15(2)3)26-19(14-24)16-8-6-5-7-9-16/h5-12,15,18-19H,4,13-14H2,1-3H3,(H,22,25)/t18-,19+/m1/s1. The van der Waals surface area contributed by atoms with Crippen molar-refractivity contribution < 1.29 is 9.53 Å². The van der Waals surface area contributed by atoms with Gasteiger partial charge in [-0.1, -0.05) is 44.2 Å². The Labute approximate surface area is 155 Å². The molecule has 138 valence electrons. The van der Waals surface area contributed by atoms with E-state index in [1.54, 1.807) is 6.20 Å². The number of hydrogen-bond acceptors (Lipinski definition) is 4. The molecule has 2 heterocycles. The minimum Gasteiger partial charge on any atom is -0.366 e. The highest BCUT2D eigenvalue weighted by Crippen LogP contribution is 2.30. The second-order valence-electron chi connectivity index (χ2n) is 6.99. The predicted octanol–water partition coefficient (Wildman–Crippen LogP) is 3.43. The van der Waals surface area contributed by atoms with Crippen LogP contribution in [0, 0.1) is 5.92 Å². The molecule has 1 aromatic carbocycles. The van der Waals surface area contributed by atoms with Crippen LogP contribution in [-0.4, -0.2) is 36.6 Å². The first-order chi connectivity index (χ1) is 12.6. The lowest BCUT2D eigenvalue weighted by atomic mass is 10.0. The number of ether oxygens (including phenoxy) is 1. The summed E-state index contributed by atoms with van der Waals surface area (Å²) in [6, 6.07) is 14.1. The van der Waals surface area contributed by atoms with Crippen molar-refractivity contribution in [3.63, 3.8) is 0 Å². The molecule has 1 aliphatic heterocycles. The maximum Gasteiger partial charge on any atom is 0.252 e. The Morgan fingerprint density at radius 1 is 1.23 bits per heavy atom. The minimum absolute atomic E-state index is 0.0159. The van der Waals surface area contributed by atoms with Gasteiger partial charge in [0.1, 0.15) is 11.9 Å². The summed E-state index contributed by atoms with van der Waals surface area (Å²) in [6.45, 7) is 8.43. The van der Waals surface area contributed by atoms with Gasteiger partial charge in [0.2, 0.25) is 0 Å². The molecule has 1 saturated heterocycles. The molecule has 5 heteroatoms. The fraction of sp³-hybridized carbons (Fsp3) is 0.429. The minimum atomic E-state index is -0.0873. The van der Waals surface area contributed by atoms with Crippen molar-refractivity contribution in [2.75, 3.05) is 24.5 Å². The quantitative estimate of drug-likeness (QED) is 0.895. The number of carbonyl (C=O) groups excluding carboxylic acids is 1. The van der Waals surface area contributed by atoms with E-state index < -0.39 is 0 Å². The molecule has 0 unspecified atom stereocenters. The number of nitrogens with one attached hydrogen (secondary N) is 1. The van der Waals surface area contributed by atoms with E-state index in [1.807, 2.05) is 37.3 Å². The highest BCUT2D eigenvalue weighted by atomic mass is 16.5. The smallest absolute Gasteiger partial charge is 0.252 e. The summed E-state index contributed by atoms with van der Waals surface area (Å²) in [6.07, 6.45) is 1.80. The molecule has 2 atom stereocenters. The summed E-state index contributed by atoms with van der Waals surface area (Å²) in [5.74, 6) is 1.21. The van der Waals surface area contributed by atoms with Crippen molar-refractivity contribution in [1.29, 1.82) is 0 Å². The van der Waals surface area contributed by atoms with Crippen LogP contribution in [0.1, 0.15) is 42.8 Å². The highest BCUT2D eigenvalue weighted by Gasteiger charge is 2.31. The molecule has 1 fully saturated rings. The molecular formula is C21H27N3O2. The van der Waals surface area contributed by atoms with Crippen LogP contribution in [0.4, 0.5) is 5.82 Å². The van der Waals surface area contributed by atoms with E-state index in [9.17, 15) is 4.79 Å². The van der Waals surface area contributed by atoms with Crippen LogP contribution < -0.4 is 10.2 Å². The van der Waals surface area contributed by atoms with Crippen LogP contribution in [0.2, 0.25) is 0 Å². The summed E-state index contributed by atoms with van der Waals surface area (Å²) >= 11 is 0. The van der Waals surface area contributed by atoms with E-state index in [0.29, 0.717) is 18.0 Å². The van der Waals surface area contributed by atoms with Gasteiger partial charge in [-0.15, -0.1) is 0 Å². The van der Waals surface area contributed by atoms with Gasteiger partial charge in [-0.05, 0) is 30.5 Å². The Kier molecular flexibility index (Phi) is 5.89. The van der Waals surface area contributed by atoms with Gasteiger partial charge in [0.05, 0.1) is 11.7 Å². The zero-order valence-electron chi connectivity index (χ0n) is 15.7. The van der Waals surface area contributed by atoms with Crippen LogP contribution in [0.3, 0.4) is 0 Å². The highest BCUT2D eigenvalue weighted by molar-refractivity contribution is 5.94. The largest absolute Gasteiger partial charge is 0.366 e. The molecule has 0 aliphatic carbocycles. The first kappa shape index (κ1) is 18.4. The van der Waals surface area contributed by atoms with Gasteiger partial charge < -0.3 is 15.0 Å². The lowest BCUT2D eigenvalue weighted by molar-refractivity contribution is -0.0500. The molecule has 1 N–H and O–H groups in total. The van der Waals surface area contributed by atoms with Gasteiger partial charge in [0.15, 0.2) is 0 Å². The summed E-state index contributed by atoms with van der Waals surface area (Å²) in [4.78, 5) is 18.7. The number of benzene rings is 1. The van der Waals surface area contributed by atoms with E-state index in [-0.39, 0.29) is 18.1 Å². The normalized spacial score (nSPS) is 20.2. The third-order valence-electron chi connectivity index (χ3n) is 4.71. The second kappa shape index (κ2) is 8.32. The molecule has 0 bridgehead atoms. The van der Waals surface area contributed by atoms with Crippen LogP contribution in [0.15, 0.2) is 48.7 Å². The van der Waals surface area contributed by atoms with Gasteiger partial charge in [0, 0.05) is 25.8 Å². The fourth-order valence-electron chi connectivity index (χ4n) is 3.17. The lowest BCUT2D eigenvalue weighted by Gasteiger charge is -2.40. The van der Waals surface area contributed by atoms with Crippen LogP contribution >= 0.6 is 0 Å². The van der Waals surface area contributed by atoms with E-state index in [1.165, 1.54) is 5.56 Å². The SMILES string of the molecule is CCNC(=O)c1ccc(N2C[C@@H](c3ccccc3)O[C@@H](C(C)C)C2)nc1. The molecule has 2 aromatic rings. The Bertz CT molecular complexity index is 716. The van der Waals surface area contributed by atoms with Gasteiger partial charge in [-0.25, -0.2) is 4.98 Å².